The number of hydrogen-bond acceptors (Lipinski definition) is 5. The second-order valence-electron chi connectivity index (χ2n) is 2.76. The minimum atomic E-state index is -0.951. The minimum absolute atomic E-state index is 0.0720. The molecule has 2 N–H and O–H groups in total. The lowest BCUT2D eigenvalue weighted by Crippen LogP contribution is -2.23. The van der Waals surface area contributed by atoms with Crippen LogP contribution in [-0.2, 0) is 11.2 Å². The van der Waals surface area contributed by atoms with Gasteiger partial charge in [0.2, 0.25) is 5.89 Å². The number of carbonyl (C=O) groups excluding carboxylic acids is 1. The topological polar surface area (TPSA) is 105 Å². The molecule has 0 aliphatic carbocycles. The molecule has 7 nitrogen and oxygen atoms in total. The van der Waals surface area contributed by atoms with Gasteiger partial charge in [-0.2, -0.15) is 4.98 Å². The Hall–Kier alpha value is -1.92. The maximum absolute atomic E-state index is 11.2. The summed E-state index contributed by atoms with van der Waals surface area (Å²) in [6.07, 6.45) is 0.0266. The van der Waals surface area contributed by atoms with Gasteiger partial charge in [0.15, 0.2) is 0 Å². The second kappa shape index (κ2) is 5.08. The first-order valence-corrected chi connectivity index (χ1v) is 4.46. The number of amides is 1. The Labute approximate surface area is 85.5 Å². The van der Waals surface area contributed by atoms with Crippen molar-refractivity contribution in [1.29, 1.82) is 0 Å². The number of hydrogen-bond donors (Lipinski definition) is 2. The van der Waals surface area contributed by atoms with Crippen LogP contribution in [0.3, 0.4) is 0 Å². The van der Waals surface area contributed by atoms with Crippen molar-refractivity contribution < 1.29 is 19.2 Å². The van der Waals surface area contributed by atoms with Gasteiger partial charge in [0.1, 0.15) is 0 Å². The summed E-state index contributed by atoms with van der Waals surface area (Å²) in [5, 5.41) is 14.3. The zero-order valence-electron chi connectivity index (χ0n) is 8.19. The van der Waals surface area contributed by atoms with E-state index in [4.69, 9.17) is 9.63 Å². The normalized spacial score (nSPS) is 9.93. The molecule has 1 rings (SSSR count). The van der Waals surface area contributed by atoms with E-state index < -0.39 is 11.9 Å². The van der Waals surface area contributed by atoms with Crippen molar-refractivity contribution in [3.63, 3.8) is 0 Å². The molecule has 1 aromatic heterocycles. The molecule has 0 spiro atoms. The fraction of sp³-hybridized carbons (Fsp3) is 0.500. The van der Waals surface area contributed by atoms with Gasteiger partial charge in [-0.15, -0.1) is 0 Å². The van der Waals surface area contributed by atoms with Crippen LogP contribution in [0.25, 0.3) is 0 Å². The van der Waals surface area contributed by atoms with Gasteiger partial charge in [-0.1, -0.05) is 5.16 Å². The molecule has 82 valence electrons. The molecule has 1 amide bonds. The quantitative estimate of drug-likeness (QED) is 0.703. The molecule has 0 aliphatic heterocycles. The SMILES string of the molecule is CCNC(=O)c1noc(CCC(=O)O)n1. The van der Waals surface area contributed by atoms with E-state index in [0.29, 0.717) is 6.54 Å². The van der Waals surface area contributed by atoms with Crippen LogP contribution in [0.15, 0.2) is 4.52 Å². The van der Waals surface area contributed by atoms with E-state index in [1.807, 2.05) is 0 Å². The molecule has 15 heavy (non-hydrogen) atoms. The highest BCUT2D eigenvalue weighted by Gasteiger charge is 2.13. The molecule has 7 heteroatoms. The van der Waals surface area contributed by atoms with Crippen LogP contribution < -0.4 is 5.32 Å². The van der Waals surface area contributed by atoms with Gasteiger partial charge in [0.05, 0.1) is 6.42 Å². The van der Waals surface area contributed by atoms with E-state index >= 15 is 0 Å². The third kappa shape index (κ3) is 3.37. The van der Waals surface area contributed by atoms with Crippen LogP contribution in [0, 0.1) is 0 Å². The van der Waals surface area contributed by atoms with E-state index in [-0.39, 0.29) is 24.6 Å². The van der Waals surface area contributed by atoms with Gasteiger partial charge in [0, 0.05) is 13.0 Å². The van der Waals surface area contributed by atoms with Crippen molar-refractivity contribution in [2.24, 2.45) is 0 Å². The fourth-order valence-electron chi connectivity index (χ4n) is 0.902. The predicted octanol–water partition coefficient (Wildman–Crippen LogP) is -0.163. The summed E-state index contributed by atoms with van der Waals surface area (Å²) in [5.41, 5.74) is 0. The number of aryl methyl sites for hydroxylation is 1. The molecule has 0 saturated heterocycles. The van der Waals surface area contributed by atoms with Crippen molar-refractivity contribution in [2.45, 2.75) is 19.8 Å². The van der Waals surface area contributed by atoms with Gasteiger partial charge in [0.25, 0.3) is 11.7 Å². The average Bonchev–Trinajstić information content (AvgIpc) is 2.63. The minimum Gasteiger partial charge on any atom is -0.481 e. The van der Waals surface area contributed by atoms with Crippen molar-refractivity contribution in [2.75, 3.05) is 6.54 Å². The molecule has 0 unspecified atom stereocenters. The van der Waals surface area contributed by atoms with Crippen LogP contribution in [0.4, 0.5) is 0 Å². The number of aromatic nitrogens is 2. The zero-order chi connectivity index (χ0) is 11.3. The van der Waals surface area contributed by atoms with E-state index in [9.17, 15) is 9.59 Å². The summed E-state index contributed by atoms with van der Waals surface area (Å²) in [6, 6.07) is 0. The summed E-state index contributed by atoms with van der Waals surface area (Å²) in [4.78, 5) is 25.2. The highest BCUT2D eigenvalue weighted by Crippen LogP contribution is 2.00. The maximum Gasteiger partial charge on any atom is 0.303 e. The monoisotopic (exact) mass is 213 g/mol. The van der Waals surface area contributed by atoms with Crippen molar-refractivity contribution >= 4 is 11.9 Å². The molecule has 0 aromatic carbocycles. The molecule has 0 fully saturated rings. The van der Waals surface area contributed by atoms with E-state index in [2.05, 4.69) is 15.5 Å². The van der Waals surface area contributed by atoms with Gasteiger partial charge in [-0.05, 0) is 6.92 Å². The second-order valence-corrected chi connectivity index (χ2v) is 2.76. The van der Waals surface area contributed by atoms with Crippen molar-refractivity contribution in [3.05, 3.63) is 11.7 Å². The van der Waals surface area contributed by atoms with E-state index in [1.165, 1.54) is 0 Å². The Balaban J connectivity index is 2.56. The lowest BCUT2D eigenvalue weighted by molar-refractivity contribution is -0.137. The number of carboxylic acids is 1. The highest BCUT2D eigenvalue weighted by molar-refractivity contribution is 5.90. The molecule has 0 atom stereocenters. The third-order valence-corrected chi connectivity index (χ3v) is 1.56. The van der Waals surface area contributed by atoms with Crippen LogP contribution >= 0.6 is 0 Å². The number of aliphatic carboxylic acids is 1. The smallest absolute Gasteiger partial charge is 0.303 e. The van der Waals surface area contributed by atoms with Crippen LogP contribution in [0.1, 0.15) is 29.9 Å². The van der Waals surface area contributed by atoms with Crippen molar-refractivity contribution in [3.8, 4) is 0 Å². The first kappa shape index (κ1) is 11.2. The molecular weight excluding hydrogens is 202 g/mol. The molecule has 0 aliphatic rings. The third-order valence-electron chi connectivity index (χ3n) is 1.56. The lowest BCUT2D eigenvalue weighted by Gasteiger charge is -1.93. The summed E-state index contributed by atoms with van der Waals surface area (Å²) in [5.74, 6) is -1.30. The standard InChI is InChI=1S/C8H11N3O4/c1-2-9-8(14)7-10-5(15-11-7)3-4-6(12)13/h2-4H2,1H3,(H,9,14)(H,12,13). The highest BCUT2D eigenvalue weighted by atomic mass is 16.5. The van der Waals surface area contributed by atoms with Crippen LogP contribution in [0.5, 0.6) is 0 Å². The van der Waals surface area contributed by atoms with Crippen LogP contribution in [-0.4, -0.2) is 33.7 Å². The zero-order valence-corrected chi connectivity index (χ0v) is 8.19. The molecule has 0 radical (unpaired) electrons. The number of rotatable bonds is 5. The Bertz CT molecular complexity index is 361. The summed E-state index contributed by atoms with van der Waals surface area (Å²) in [7, 11) is 0. The molecule has 1 aromatic rings. The summed E-state index contributed by atoms with van der Waals surface area (Å²) in [6.45, 7) is 2.24. The maximum atomic E-state index is 11.2. The Kier molecular flexibility index (Phi) is 3.78. The van der Waals surface area contributed by atoms with Crippen LogP contribution in [0.2, 0.25) is 0 Å². The molecule has 0 saturated carbocycles. The first-order chi connectivity index (χ1) is 7.13. The lowest BCUT2D eigenvalue weighted by atomic mass is 10.3. The summed E-state index contributed by atoms with van der Waals surface area (Å²) < 4.78 is 4.70. The average molecular weight is 213 g/mol. The number of carboxylic acid groups (broad SMARTS) is 1. The van der Waals surface area contributed by atoms with Gasteiger partial charge < -0.3 is 14.9 Å². The molecule has 1 heterocycles. The molecular formula is C8H11N3O4. The Morgan fingerprint density at radius 2 is 2.27 bits per heavy atom. The largest absolute Gasteiger partial charge is 0.481 e. The number of nitrogens with one attached hydrogen (secondary N) is 1. The Morgan fingerprint density at radius 1 is 1.53 bits per heavy atom. The van der Waals surface area contributed by atoms with Gasteiger partial charge in [-0.25, -0.2) is 0 Å². The predicted molar refractivity (Wildman–Crippen MR) is 48.3 cm³/mol. The molecule has 0 bridgehead atoms. The number of carbonyl (C=O) groups is 2. The van der Waals surface area contributed by atoms with E-state index in [0.717, 1.165) is 0 Å². The fourth-order valence-corrected chi connectivity index (χ4v) is 0.902. The van der Waals surface area contributed by atoms with Gasteiger partial charge in [-0.3, -0.25) is 9.59 Å². The van der Waals surface area contributed by atoms with Gasteiger partial charge >= 0.3 is 5.97 Å². The van der Waals surface area contributed by atoms with Crippen molar-refractivity contribution in [1.82, 2.24) is 15.5 Å². The summed E-state index contributed by atoms with van der Waals surface area (Å²) >= 11 is 0. The number of nitrogens with zero attached hydrogens (tertiary/aromatic N) is 2. The Morgan fingerprint density at radius 3 is 2.87 bits per heavy atom. The van der Waals surface area contributed by atoms with E-state index in [1.54, 1.807) is 6.92 Å². The first-order valence-electron chi connectivity index (χ1n) is 4.46.